The molecule has 0 atom stereocenters. The van der Waals surface area contributed by atoms with Gasteiger partial charge in [-0.15, -0.1) is 12.4 Å². The molecule has 102 valence electrons. The van der Waals surface area contributed by atoms with Gasteiger partial charge in [0.05, 0.1) is 5.75 Å². The summed E-state index contributed by atoms with van der Waals surface area (Å²) in [7, 11) is -3.04. The first-order chi connectivity index (χ1) is 7.94. The molecular weight excluding hydrogens is 276 g/mol. The number of anilines is 1. The van der Waals surface area contributed by atoms with E-state index in [0.29, 0.717) is 11.3 Å². The summed E-state index contributed by atoms with van der Waals surface area (Å²) < 4.78 is 22.4. The van der Waals surface area contributed by atoms with Crippen molar-refractivity contribution in [3.63, 3.8) is 0 Å². The highest BCUT2D eigenvalue weighted by molar-refractivity contribution is 7.91. The molecule has 1 aromatic rings. The summed E-state index contributed by atoms with van der Waals surface area (Å²) in [6.07, 6.45) is 0. The monoisotopic (exact) mass is 292 g/mol. The van der Waals surface area contributed by atoms with Crippen LogP contribution >= 0.6 is 12.4 Å². The topological polar surface area (TPSA) is 89.3 Å². The molecule has 1 amide bonds. The standard InChI is InChI=1S/C11H16N2O3S.ClH/c1-2-17(15,16)8-7-13-11(14)9-3-5-10(12)6-4-9;/h3-6H,2,7-8,12H2,1H3,(H,13,14);1H. The summed E-state index contributed by atoms with van der Waals surface area (Å²) in [6, 6.07) is 6.44. The van der Waals surface area contributed by atoms with Crippen LogP contribution in [0.3, 0.4) is 0 Å². The average Bonchev–Trinajstić information content (AvgIpc) is 2.29. The normalized spacial score (nSPS) is 10.5. The SMILES string of the molecule is CCS(=O)(=O)CCNC(=O)c1ccc(N)cc1.Cl. The van der Waals surface area contributed by atoms with Crippen molar-refractivity contribution in [2.24, 2.45) is 0 Å². The number of benzene rings is 1. The maximum Gasteiger partial charge on any atom is 0.251 e. The van der Waals surface area contributed by atoms with Gasteiger partial charge in [0.15, 0.2) is 9.84 Å². The number of carbonyl (C=O) groups is 1. The number of halogens is 1. The van der Waals surface area contributed by atoms with Crippen LogP contribution in [0.4, 0.5) is 5.69 Å². The Morgan fingerprint density at radius 1 is 1.28 bits per heavy atom. The summed E-state index contributed by atoms with van der Waals surface area (Å²) in [5.41, 5.74) is 6.54. The molecule has 0 bridgehead atoms. The molecule has 0 spiro atoms. The summed E-state index contributed by atoms with van der Waals surface area (Å²) in [5, 5.41) is 2.55. The lowest BCUT2D eigenvalue weighted by molar-refractivity contribution is 0.0956. The highest BCUT2D eigenvalue weighted by Gasteiger charge is 2.09. The Balaban J connectivity index is 0.00000289. The van der Waals surface area contributed by atoms with Crippen LogP contribution in [0, 0.1) is 0 Å². The second kappa shape index (κ2) is 7.23. The lowest BCUT2D eigenvalue weighted by Gasteiger charge is -2.05. The van der Waals surface area contributed by atoms with E-state index in [9.17, 15) is 13.2 Å². The van der Waals surface area contributed by atoms with E-state index in [-0.39, 0.29) is 36.4 Å². The van der Waals surface area contributed by atoms with Gasteiger partial charge in [-0.05, 0) is 24.3 Å². The predicted octanol–water partition coefficient (Wildman–Crippen LogP) is 0.855. The van der Waals surface area contributed by atoms with Gasteiger partial charge in [0.25, 0.3) is 5.91 Å². The third-order valence-electron chi connectivity index (χ3n) is 2.31. The maximum absolute atomic E-state index is 11.6. The van der Waals surface area contributed by atoms with E-state index in [1.54, 1.807) is 31.2 Å². The molecule has 1 rings (SSSR count). The molecule has 0 aliphatic heterocycles. The van der Waals surface area contributed by atoms with Crippen molar-refractivity contribution in [3.05, 3.63) is 29.8 Å². The molecule has 7 heteroatoms. The van der Waals surface area contributed by atoms with E-state index in [2.05, 4.69) is 5.32 Å². The van der Waals surface area contributed by atoms with Crippen LogP contribution in [0.15, 0.2) is 24.3 Å². The summed E-state index contributed by atoms with van der Waals surface area (Å²) in [6.45, 7) is 1.70. The number of hydrogen-bond acceptors (Lipinski definition) is 4. The number of carbonyl (C=O) groups excluding carboxylic acids is 1. The van der Waals surface area contributed by atoms with Gasteiger partial charge in [0.1, 0.15) is 0 Å². The third kappa shape index (κ3) is 5.37. The second-order valence-corrected chi connectivity index (χ2v) is 6.09. The van der Waals surface area contributed by atoms with Gasteiger partial charge >= 0.3 is 0 Å². The van der Waals surface area contributed by atoms with Gasteiger partial charge in [0.2, 0.25) is 0 Å². The lowest BCUT2D eigenvalue weighted by atomic mass is 10.2. The number of sulfone groups is 1. The van der Waals surface area contributed by atoms with Gasteiger partial charge in [-0.3, -0.25) is 4.79 Å². The van der Waals surface area contributed by atoms with E-state index in [1.165, 1.54) is 0 Å². The van der Waals surface area contributed by atoms with Crippen molar-refractivity contribution in [3.8, 4) is 0 Å². The zero-order chi connectivity index (χ0) is 12.9. The van der Waals surface area contributed by atoms with Crippen LogP contribution in [0.2, 0.25) is 0 Å². The van der Waals surface area contributed by atoms with Gasteiger partial charge in [-0.2, -0.15) is 0 Å². The van der Waals surface area contributed by atoms with Gasteiger partial charge in [-0.1, -0.05) is 6.92 Å². The van der Waals surface area contributed by atoms with E-state index in [0.717, 1.165) is 0 Å². The van der Waals surface area contributed by atoms with Crippen molar-refractivity contribution in [2.45, 2.75) is 6.92 Å². The van der Waals surface area contributed by atoms with Crippen LogP contribution < -0.4 is 11.1 Å². The molecular formula is C11H17ClN2O3S. The van der Waals surface area contributed by atoms with Crippen molar-refractivity contribution in [1.29, 1.82) is 0 Å². The highest BCUT2D eigenvalue weighted by atomic mass is 35.5. The molecule has 0 heterocycles. The molecule has 1 aromatic carbocycles. The maximum atomic E-state index is 11.6. The van der Waals surface area contributed by atoms with Crippen LogP contribution in [-0.2, 0) is 9.84 Å². The van der Waals surface area contributed by atoms with E-state index in [1.807, 2.05) is 0 Å². The van der Waals surface area contributed by atoms with E-state index in [4.69, 9.17) is 5.73 Å². The van der Waals surface area contributed by atoms with Crippen molar-refractivity contribution in [2.75, 3.05) is 23.8 Å². The summed E-state index contributed by atoms with van der Waals surface area (Å²) >= 11 is 0. The smallest absolute Gasteiger partial charge is 0.251 e. The number of amides is 1. The Labute approximate surface area is 113 Å². The minimum atomic E-state index is -3.04. The summed E-state index contributed by atoms with van der Waals surface area (Å²) in [5.74, 6) is -0.245. The lowest BCUT2D eigenvalue weighted by Crippen LogP contribution is -2.29. The van der Waals surface area contributed by atoms with Crippen molar-refractivity contribution >= 4 is 33.8 Å². The van der Waals surface area contributed by atoms with Gasteiger partial charge in [-0.25, -0.2) is 8.42 Å². The molecule has 18 heavy (non-hydrogen) atoms. The quantitative estimate of drug-likeness (QED) is 0.788. The zero-order valence-electron chi connectivity index (χ0n) is 10.0. The van der Waals surface area contributed by atoms with Gasteiger partial charge < -0.3 is 11.1 Å². The number of rotatable bonds is 5. The molecule has 0 saturated heterocycles. The Morgan fingerprint density at radius 2 is 1.83 bits per heavy atom. The Hall–Kier alpha value is -1.27. The molecule has 0 saturated carbocycles. The van der Waals surface area contributed by atoms with Crippen LogP contribution in [0.5, 0.6) is 0 Å². The fourth-order valence-electron chi connectivity index (χ4n) is 1.20. The molecule has 0 aliphatic carbocycles. The first-order valence-corrected chi connectivity index (χ1v) is 7.11. The van der Waals surface area contributed by atoms with Crippen LogP contribution in [0.25, 0.3) is 0 Å². The van der Waals surface area contributed by atoms with Crippen molar-refractivity contribution in [1.82, 2.24) is 5.32 Å². The minimum absolute atomic E-state index is 0. The van der Waals surface area contributed by atoms with Crippen LogP contribution in [0.1, 0.15) is 17.3 Å². The minimum Gasteiger partial charge on any atom is -0.399 e. The number of nitrogens with two attached hydrogens (primary N) is 1. The summed E-state index contributed by atoms with van der Waals surface area (Å²) in [4.78, 5) is 11.6. The van der Waals surface area contributed by atoms with Crippen molar-refractivity contribution < 1.29 is 13.2 Å². The van der Waals surface area contributed by atoms with Gasteiger partial charge in [0, 0.05) is 23.5 Å². The fourth-order valence-corrected chi connectivity index (χ4v) is 1.90. The third-order valence-corrected chi connectivity index (χ3v) is 4.02. The zero-order valence-corrected chi connectivity index (χ0v) is 11.7. The molecule has 0 unspecified atom stereocenters. The Morgan fingerprint density at radius 3 is 2.33 bits per heavy atom. The number of nitrogens with one attached hydrogen (secondary N) is 1. The van der Waals surface area contributed by atoms with Crippen LogP contribution in [-0.4, -0.2) is 32.4 Å². The van der Waals surface area contributed by atoms with E-state index < -0.39 is 9.84 Å². The Kier molecular flexibility index (Phi) is 6.72. The molecule has 0 aliphatic rings. The number of hydrogen-bond donors (Lipinski definition) is 2. The fraction of sp³-hybridized carbons (Fsp3) is 0.364. The van der Waals surface area contributed by atoms with E-state index >= 15 is 0 Å². The highest BCUT2D eigenvalue weighted by Crippen LogP contribution is 2.04. The molecule has 0 radical (unpaired) electrons. The molecule has 0 aromatic heterocycles. The average molecular weight is 293 g/mol. The molecule has 5 nitrogen and oxygen atoms in total. The second-order valence-electron chi connectivity index (χ2n) is 3.61. The largest absolute Gasteiger partial charge is 0.399 e. The molecule has 3 N–H and O–H groups in total. The first kappa shape index (κ1) is 16.7. The Bertz CT molecular complexity index is 486. The first-order valence-electron chi connectivity index (χ1n) is 5.29. The number of nitrogen functional groups attached to an aromatic ring is 1. The predicted molar refractivity (Wildman–Crippen MR) is 74.8 cm³/mol. The molecule has 0 fully saturated rings.